The molecule has 0 aromatic carbocycles. The lowest BCUT2D eigenvalue weighted by Gasteiger charge is -2.20. The van der Waals surface area contributed by atoms with E-state index in [-0.39, 0.29) is 6.54 Å². The van der Waals surface area contributed by atoms with Gasteiger partial charge in [0.2, 0.25) is 0 Å². The molecule has 0 aliphatic rings. The highest BCUT2D eigenvalue weighted by Crippen LogP contribution is 1.99. The zero-order valence-electron chi connectivity index (χ0n) is 9.21. The minimum atomic E-state index is -0.768. The fraction of sp³-hybridized carbons (Fsp3) is 0.727. The van der Waals surface area contributed by atoms with Crippen molar-refractivity contribution in [3.05, 3.63) is 0 Å². The van der Waals surface area contributed by atoms with Crippen molar-refractivity contribution >= 4 is 5.97 Å². The van der Waals surface area contributed by atoms with Crippen molar-refractivity contribution < 1.29 is 9.90 Å². The Morgan fingerprint density at radius 1 is 1.50 bits per heavy atom. The largest absolute Gasteiger partial charge is 0.480 e. The van der Waals surface area contributed by atoms with E-state index in [1.54, 1.807) is 6.92 Å². The van der Waals surface area contributed by atoms with Crippen LogP contribution in [-0.2, 0) is 4.79 Å². The molecule has 0 amide bonds. The van der Waals surface area contributed by atoms with Crippen molar-refractivity contribution in [3.8, 4) is 11.8 Å². The van der Waals surface area contributed by atoms with Crippen LogP contribution in [0, 0.1) is 17.8 Å². The van der Waals surface area contributed by atoms with E-state index in [4.69, 9.17) is 5.11 Å². The summed E-state index contributed by atoms with van der Waals surface area (Å²) >= 11 is 0. The van der Waals surface area contributed by atoms with Crippen molar-refractivity contribution in [1.82, 2.24) is 4.90 Å². The van der Waals surface area contributed by atoms with Crippen molar-refractivity contribution in [1.29, 1.82) is 0 Å². The fourth-order valence-corrected chi connectivity index (χ4v) is 1.28. The quantitative estimate of drug-likeness (QED) is 0.655. The Balaban J connectivity index is 3.94. The summed E-state index contributed by atoms with van der Waals surface area (Å²) in [6, 6.07) is 0. The lowest BCUT2D eigenvalue weighted by Crippen LogP contribution is -2.33. The Hall–Kier alpha value is -1.01. The lowest BCUT2D eigenvalue weighted by molar-refractivity contribution is -0.138. The van der Waals surface area contributed by atoms with Crippen molar-refractivity contribution in [2.24, 2.45) is 5.92 Å². The van der Waals surface area contributed by atoms with Crippen LogP contribution < -0.4 is 0 Å². The number of rotatable bonds is 6. The van der Waals surface area contributed by atoms with Crippen LogP contribution in [0.2, 0.25) is 0 Å². The molecule has 0 radical (unpaired) electrons. The van der Waals surface area contributed by atoms with Gasteiger partial charge in [-0.2, -0.15) is 0 Å². The second-order valence-electron chi connectivity index (χ2n) is 3.70. The lowest BCUT2D eigenvalue weighted by atomic mass is 10.2. The van der Waals surface area contributed by atoms with Gasteiger partial charge in [0, 0.05) is 19.5 Å². The number of nitrogens with zero attached hydrogens (tertiary/aromatic N) is 1. The molecule has 0 aromatic heterocycles. The van der Waals surface area contributed by atoms with E-state index in [9.17, 15) is 4.79 Å². The van der Waals surface area contributed by atoms with E-state index < -0.39 is 5.97 Å². The summed E-state index contributed by atoms with van der Waals surface area (Å²) in [7, 11) is 0. The normalized spacial score (nSPS) is 10.1. The first kappa shape index (κ1) is 13.0. The maximum Gasteiger partial charge on any atom is 0.317 e. The molecule has 0 aromatic rings. The summed E-state index contributed by atoms with van der Waals surface area (Å²) in [6.45, 7) is 7.64. The van der Waals surface area contributed by atoms with Crippen molar-refractivity contribution in [2.45, 2.75) is 27.2 Å². The molecule has 0 aliphatic carbocycles. The molecule has 0 saturated carbocycles. The van der Waals surface area contributed by atoms with Crippen LogP contribution in [-0.4, -0.2) is 35.6 Å². The van der Waals surface area contributed by atoms with Gasteiger partial charge in [0.15, 0.2) is 0 Å². The van der Waals surface area contributed by atoms with Gasteiger partial charge in [-0.15, -0.1) is 11.8 Å². The van der Waals surface area contributed by atoms with Crippen LogP contribution >= 0.6 is 0 Å². The molecule has 0 heterocycles. The van der Waals surface area contributed by atoms with Gasteiger partial charge in [-0.05, 0) is 12.8 Å². The number of carboxylic acids is 1. The molecule has 3 nitrogen and oxygen atoms in total. The van der Waals surface area contributed by atoms with Gasteiger partial charge in [0.1, 0.15) is 0 Å². The third-order valence-electron chi connectivity index (χ3n) is 1.71. The van der Waals surface area contributed by atoms with E-state index in [0.717, 1.165) is 19.5 Å². The Labute approximate surface area is 86.1 Å². The van der Waals surface area contributed by atoms with E-state index in [0.29, 0.717) is 5.92 Å². The Morgan fingerprint density at radius 3 is 2.57 bits per heavy atom. The summed E-state index contributed by atoms with van der Waals surface area (Å²) in [4.78, 5) is 12.5. The second-order valence-corrected chi connectivity index (χ2v) is 3.70. The molecule has 0 fully saturated rings. The van der Waals surface area contributed by atoms with Gasteiger partial charge in [-0.1, -0.05) is 13.8 Å². The number of hydrogen-bond acceptors (Lipinski definition) is 2. The fourth-order valence-electron chi connectivity index (χ4n) is 1.28. The molecule has 14 heavy (non-hydrogen) atoms. The van der Waals surface area contributed by atoms with Crippen LogP contribution in [0.15, 0.2) is 0 Å². The van der Waals surface area contributed by atoms with E-state index in [1.165, 1.54) is 0 Å². The average molecular weight is 197 g/mol. The highest BCUT2D eigenvalue weighted by atomic mass is 16.4. The van der Waals surface area contributed by atoms with Gasteiger partial charge >= 0.3 is 5.97 Å². The summed E-state index contributed by atoms with van der Waals surface area (Å²) in [5.74, 6) is 5.47. The predicted molar refractivity (Wildman–Crippen MR) is 57.0 cm³/mol. The smallest absolute Gasteiger partial charge is 0.317 e. The van der Waals surface area contributed by atoms with Crippen molar-refractivity contribution in [2.75, 3.05) is 19.6 Å². The van der Waals surface area contributed by atoms with Crippen LogP contribution in [0.4, 0.5) is 0 Å². The summed E-state index contributed by atoms with van der Waals surface area (Å²) in [5, 5.41) is 8.68. The minimum Gasteiger partial charge on any atom is -0.480 e. The predicted octanol–water partition coefficient (Wildman–Crippen LogP) is 1.44. The molecule has 0 atom stereocenters. The first-order valence-electron chi connectivity index (χ1n) is 4.90. The van der Waals surface area contributed by atoms with Gasteiger partial charge in [0.05, 0.1) is 6.54 Å². The molecule has 0 aliphatic heterocycles. The molecule has 3 heteroatoms. The zero-order chi connectivity index (χ0) is 11.0. The van der Waals surface area contributed by atoms with Crippen LogP contribution in [0.5, 0.6) is 0 Å². The van der Waals surface area contributed by atoms with Crippen LogP contribution in [0.25, 0.3) is 0 Å². The molecular weight excluding hydrogens is 178 g/mol. The summed E-state index contributed by atoms with van der Waals surface area (Å²) in [6.07, 6.45) is 0.747. The topological polar surface area (TPSA) is 40.5 Å². The summed E-state index contributed by atoms with van der Waals surface area (Å²) in [5.41, 5.74) is 0. The Kier molecular flexibility index (Phi) is 6.87. The van der Waals surface area contributed by atoms with Gasteiger partial charge in [-0.25, -0.2) is 0 Å². The van der Waals surface area contributed by atoms with E-state index in [2.05, 4.69) is 25.7 Å². The number of hydrogen-bond donors (Lipinski definition) is 1. The van der Waals surface area contributed by atoms with Gasteiger partial charge < -0.3 is 5.11 Å². The first-order valence-corrected chi connectivity index (χ1v) is 4.90. The first-order chi connectivity index (χ1) is 6.56. The SMILES string of the molecule is CC#CCCN(CC(=O)O)CC(C)C. The van der Waals surface area contributed by atoms with Crippen LogP contribution in [0.1, 0.15) is 27.2 Å². The van der Waals surface area contributed by atoms with E-state index >= 15 is 0 Å². The molecule has 0 bridgehead atoms. The number of carboxylic acid groups (broad SMARTS) is 1. The maximum absolute atomic E-state index is 10.5. The van der Waals surface area contributed by atoms with Gasteiger partial charge in [0.25, 0.3) is 0 Å². The highest BCUT2D eigenvalue weighted by molar-refractivity contribution is 5.69. The van der Waals surface area contributed by atoms with Gasteiger partial charge in [-0.3, -0.25) is 9.69 Å². The number of carbonyl (C=O) groups is 1. The third-order valence-corrected chi connectivity index (χ3v) is 1.71. The molecule has 0 rings (SSSR count). The molecule has 0 unspecified atom stereocenters. The number of aliphatic carboxylic acids is 1. The molecule has 0 saturated heterocycles. The standard InChI is InChI=1S/C11H19NO2/c1-4-5-6-7-12(8-10(2)3)9-11(13)14/h10H,6-9H2,1-3H3,(H,13,14). The molecule has 80 valence electrons. The minimum absolute atomic E-state index is 0.115. The van der Waals surface area contributed by atoms with Crippen LogP contribution in [0.3, 0.4) is 0 Å². The molecule has 0 spiro atoms. The molecular formula is C11H19NO2. The highest BCUT2D eigenvalue weighted by Gasteiger charge is 2.09. The third kappa shape index (κ3) is 7.63. The van der Waals surface area contributed by atoms with Crippen molar-refractivity contribution in [3.63, 3.8) is 0 Å². The Bertz CT molecular complexity index is 225. The second kappa shape index (κ2) is 7.40. The monoisotopic (exact) mass is 197 g/mol. The maximum atomic E-state index is 10.5. The zero-order valence-corrected chi connectivity index (χ0v) is 9.21. The summed E-state index contributed by atoms with van der Waals surface area (Å²) < 4.78 is 0. The van der Waals surface area contributed by atoms with E-state index in [1.807, 2.05) is 4.90 Å². The Morgan fingerprint density at radius 2 is 2.14 bits per heavy atom. The average Bonchev–Trinajstić information content (AvgIpc) is 2.02. The molecule has 1 N–H and O–H groups in total.